The van der Waals surface area contributed by atoms with Gasteiger partial charge in [-0.15, -0.1) is 0 Å². The summed E-state index contributed by atoms with van der Waals surface area (Å²) in [6, 6.07) is 8.77. The van der Waals surface area contributed by atoms with Crippen LogP contribution in [0.15, 0.2) is 30.5 Å². The molecule has 14 heteroatoms. The van der Waals surface area contributed by atoms with E-state index in [1.165, 1.54) is 17.1 Å². The summed E-state index contributed by atoms with van der Waals surface area (Å²) >= 11 is 0. The van der Waals surface area contributed by atoms with Gasteiger partial charge in [0.1, 0.15) is 11.6 Å². The van der Waals surface area contributed by atoms with Gasteiger partial charge in [-0.1, -0.05) is 39.4 Å². The summed E-state index contributed by atoms with van der Waals surface area (Å²) in [6.45, 7) is 10.5. The Hall–Kier alpha value is -1.74. The summed E-state index contributed by atoms with van der Waals surface area (Å²) in [5.74, 6) is 2.26. The lowest BCUT2D eigenvalue weighted by atomic mass is 9.34. The quantitative estimate of drug-likeness (QED) is 0.605. The van der Waals surface area contributed by atoms with E-state index in [1.807, 2.05) is 6.20 Å². The molecule has 30 heavy (non-hydrogen) atoms. The monoisotopic (exact) mass is 396 g/mol. The highest BCUT2D eigenvalue weighted by molar-refractivity contribution is 7.07. The van der Waals surface area contributed by atoms with Crippen molar-refractivity contribution < 1.29 is 0 Å². The van der Waals surface area contributed by atoms with Crippen LogP contribution in [0.25, 0.3) is 11.4 Å². The van der Waals surface area contributed by atoms with Gasteiger partial charge in [0, 0.05) is 11.3 Å². The van der Waals surface area contributed by atoms with Crippen LogP contribution in [0.2, 0.25) is 27.3 Å². The number of aromatic nitrogens is 2. The van der Waals surface area contributed by atoms with Gasteiger partial charge >= 0.3 is 21.2 Å². The number of imidazole rings is 1. The number of benzene rings is 1. The number of fused-ring (bicyclic) bond motifs is 5. The molecule has 0 spiro atoms. The fraction of sp³-hybridized carbons (Fsp3) is 0.438. The number of nitrogens with zero attached hydrogens (tertiary/aromatic N) is 8. The van der Waals surface area contributed by atoms with E-state index < -0.39 is 0 Å². The van der Waals surface area contributed by atoms with Gasteiger partial charge < -0.3 is 32.7 Å². The molecule has 6 rings (SSSR count). The van der Waals surface area contributed by atoms with Crippen LogP contribution in [-0.4, -0.2) is 91.5 Å². The molecule has 5 heterocycles. The Morgan fingerprint density at radius 3 is 2.23 bits per heavy atom. The van der Waals surface area contributed by atoms with Crippen molar-refractivity contribution in [3.63, 3.8) is 0 Å². The summed E-state index contributed by atoms with van der Waals surface area (Å²) in [7, 11) is 6.97. The van der Waals surface area contributed by atoms with Gasteiger partial charge in [-0.2, -0.15) is 0 Å². The summed E-state index contributed by atoms with van der Waals surface area (Å²) < 4.78 is 15.3. The van der Waals surface area contributed by atoms with E-state index in [-0.39, 0.29) is 28.2 Å². The molecule has 1 aromatic carbocycles. The SMILES string of the molecule is CB1N(C)B(C)N2B(C)N3B(C)N(C)c4cnc5n4B3N(B2N1C)c1ccccc1-5. The van der Waals surface area contributed by atoms with Crippen molar-refractivity contribution in [1.29, 1.82) is 0 Å². The third kappa shape index (κ3) is 2.06. The molecule has 148 valence electrons. The Kier molecular flexibility index (Phi) is 3.90. The zero-order valence-corrected chi connectivity index (χ0v) is 18.9. The molecule has 2 saturated heterocycles. The molecule has 0 unspecified atom stereocenters. The minimum atomic E-state index is 0.111. The number of hydrogen-bond donors (Lipinski definition) is 0. The number of hydrogen-bond acceptors (Lipinski definition) is 7. The van der Waals surface area contributed by atoms with Crippen molar-refractivity contribution in [2.24, 2.45) is 0 Å². The molecule has 0 radical (unpaired) electrons. The average molecular weight is 395 g/mol. The van der Waals surface area contributed by atoms with Crippen molar-refractivity contribution in [2.75, 3.05) is 30.7 Å². The van der Waals surface area contributed by atoms with Crippen LogP contribution < -0.4 is 9.53 Å². The van der Waals surface area contributed by atoms with Gasteiger partial charge in [0.25, 0.3) is 20.9 Å². The standard InChI is InChI=1S/C16H26B6N8/c1-17-24(5)15-12-23-16-13-10-8-9-11-14(13)28-21-26(7)18(2)25(6)19(3)30(21)20(4)29(17)22(28)27(15)16/h8-12H,1-7H3. The van der Waals surface area contributed by atoms with Crippen molar-refractivity contribution in [3.05, 3.63) is 30.5 Å². The first-order chi connectivity index (χ1) is 14.3. The summed E-state index contributed by atoms with van der Waals surface area (Å²) in [5, 5.41) is 0. The van der Waals surface area contributed by atoms with Gasteiger partial charge in [-0.05, 0) is 33.3 Å². The topological polar surface area (TPSA) is 37.3 Å². The second-order valence-corrected chi connectivity index (χ2v) is 9.29. The van der Waals surface area contributed by atoms with E-state index in [2.05, 4.69) is 105 Å². The maximum absolute atomic E-state index is 4.89. The van der Waals surface area contributed by atoms with E-state index in [0.29, 0.717) is 14.0 Å². The van der Waals surface area contributed by atoms with Crippen LogP contribution >= 0.6 is 0 Å². The molecule has 0 bridgehead atoms. The lowest BCUT2D eigenvalue weighted by Crippen LogP contribution is -2.92. The number of anilines is 2. The Labute approximate surface area is 181 Å². The fourth-order valence-corrected chi connectivity index (χ4v) is 6.19. The van der Waals surface area contributed by atoms with Crippen LogP contribution in [0, 0.1) is 0 Å². The molecule has 0 atom stereocenters. The van der Waals surface area contributed by atoms with Gasteiger partial charge in [-0.3, -0.25) is 0 Å². The fourth-order valence-electron chi connectivity index (χ4n) is 6.19. The molecule has 0 saturated carbocycles. The second-order valence-electron chi connectivity index (χ2n) is 9.29. The smallest absolute Gasteiger partial charge is 0.401 e. The number of rotatable bonds is 0. The predicted octanol–water partition coefficient (Wildman–Crippen LogP) is 0.605. The van der Waals surface area contributed by atoms with Crippen molar-refractivity contribution in [2.45, 2.75) is 27.3 Å². The van der Waals surface area contributed by atoms with Crippen LogP contribution in [-0.2, 0) is 0 Å². The van der Waals surface area contributed by atoms with Crippen molar-refractivity contribution in [3.8, 4) is 11.4 Å². The molecule has 4 aliphatic rings. The molecule has 8 nitrogen and oxygen atoms in total. The van der Waals surface area contributed by atoms with E-state index in [9.17, 15) is 0 Å². The highest BCUT2D eigenvalue weighted by Gasteiger charge is 2.64. The van der Waals surface area contributed by atoms with Crippen molar-refractivity contribution in [1.82, 2.24) is 28.2 Å². The van der Waals surface area contributed by atoms with Crippen LogP contribution in [0.5, 0.6) is 0 Å². The minimum Gasteiger partial charge on any atom is -0.401 e. The Morgan fingerprint density at radius 1 is 0.767 bits per heavy atom. The van der Waals surface area contributed by atoms with E-state index >= 15 is 0 Å². The van der Waals surface area contributed by atoms with Crippen LogP contribution in [0.4, 0.5) is 11.5 Å². The predicted molar refractivity (Wildman–Crippen MR) is 131 cm³/mol. The summed E-state index contributed by atoms with van der Waals surface area (Å²) in [4.78, 5) is 7.26. The van der Waals surface area contributed by atoms with Gasteiger partial charge in [0.05, 0.1) is 6.20 Å². The Balaban J connectivity index is 1.64. The van der Waals surface area contributed by atoms with Gasteiger partial charge in [0.2, 0.25) is 0 Å². The molecular weight excluding hydrogens is 369 g/mol. The molecule has 0 amide bonds. The molecule has 2 fully saturated rings. The molecule has 0 N–H and O–H groups in total. The Morgan fingerprint density at radius 2 is 1.47 bits per heavy atom. The normalized spacial score (nSPS) is 22.1. The van der Waals surface area contributed by atoms with Crippen LogP contribution in [0.3, 0.4) is 0 Å². The molecule has 1 aromatic heterocycles. The average Bonchev–Trinajstić information content (AvgIpc) is 3.19. The number of para-hydroxylation sites is 1. The second kappa shape index (κ2) is 6.16. The van der Waals surface area contributed by atoms with Gasteiger partial charge in [-0.25, -0.2) is 4.98 Å². The van der Waals surface area contributed by atoms with Crippen molar-refractivity contribution >= 4 is 53.7 Å². The van der Waals surface area contributed by atoms with Crippen LogP contribution in [0.1, 0.15) is 0 Å². The zero-order valence-electron chi connectivity index (χ0n) is 18.9. The highest BCUT2D eigenvalue weighted by Crippen LogP contribution is 2.45. The largest absolute Gasteiger partial charge is 0.446 e. The third-order valence-electron chi connectivity index (χ3n) is 8.24. The van der Waals surface area contributed by atoms with E-state index in [4.69, 9.17) is 4.98 Å². The molecule has 2 aromatic rings. The maximum Gasteiger partial charge on any atom is 0.446 e. The first-order valence-corrected chi connectivity index (χ1v) is 11.0. The highest BCUT2D eigenvalue weighted by atomic mass is 15.5. The molecule has 4 aliphatic heterocycles. The first kappa shape index (κ1) is 19.0. The molecular formula is C16H26B6N8. The summed E-state index contributed by atoms with van der Waals surface area (Å²) in [6.07, 6.45) is 2.05. The lowest BCUT2D eigenvalue weighted by Gasteiger charge is -2.65. The maximum atomic E-state index is 4.89. The lowest BCUT2D eigenvalue weighted by molar-refractivity contribution is 0.560. The minimum absolute atomic E-state index is 0.111. The summed E-state index contributed by atoms with van der Waals surface area (Å²) in [5.41, 5.74) is 2.48. The van der Waals surface area contributed by atoms with E-state index in [1.54, 1.807) is 0 Å². The zero-order chi connectivity index (χ0) is 21.1. The first-order valence-electron chi connectivity index (χ1n) is 11.0. The third-order valence-corrected chi connectivity index (χ3v) is 8.24. The van der Waals surface area contributed by atoms with E-state index in [0.717, 1.165) is 5.82 Å². The van der Waals surface area contributed by atoms with Gasteiger partial charge in [0.15, 0.2) is 0 Å². The Bertz CT molecular complexity index is 1020. The molecule has 0 aliphatic carbocycles.